The predicted octanol–water partition coefficient (Wildman–Crippen LogP) is 1.29. The highest BCUT2D eigenvalue weighted by Gasteiger charge is 2.53. The summed E-state index contributed by atoms with van der Waals surface area (Å²) in [5.74, 6) is -1.75. The number of benzene rings is 1. The van der Waals surface area contributed by atoms with Crippen molar-refractivity contribution >= 4 is 21.8 Å². The van der Waals surface area contributed by atoms with Gasteiger partial charge in [-0.05, 0) is 30.5 Å². The molecule has 0 radical (unpaired) electrons. The molecule has 0 aromatic heterocycles. The van der Waals surface area contributed by atoms with Crippen molar-refractivity contribution in [2.75, 3.05) is 13.1 Å². The molecule has 2 aliphatic heterocycles. The summed E-state index contributed by atoms with van der Waals surface area (Å²) < 4.78 is 39.4. The van der Waals surface area contributed by atoms with Crippen LogP contribution in [0.3, 0.4) is 0 Å². The van der Waals surface area contributed by atoms with Crippen LogP contribution in [0.15, 0.2) is 36.4 Å². The van der Waals surface area contributed by atoms with Crippen LogP contribution < -0.4 is 0 Å². The average Bonchev–Trinajstić information content (AvgIpc) is 2.79. The van der Waals surface area contributed by atoms with Gasteiger partial charge in [0.1, 0.15) is 5.82 Å². The quantitative estimate of drug-likeness (QED) is 0.585. The molecule has 1 aromatic carbocycles. The summed E-state index contributed by atoms with van der Waals surface area (Å²) in [6, 6.07) is 5.08. The van der Waals surface area contributed by atoms with Crippen LogP contribution in [-0.4, -0.2) is 48.6 Å². The van der Waals surface area contributed by atoms with Crippen LogP contribution in [0.1, 0.15) is 18.4 Å². The van der Waals surface area contributed by atoms with E-state index < -0.39 is 21.9 Å². The first kappa shape index (κ1) is 17.4. The molecule has 8 heteroatoms. The molecule has 0 spiro atoms. The van der Waals surface area contributed by atoms with Gasteiger partial charge < -0.3 is 0 Å². The zero-order chi connectivity index (χ0) is 18.5. The number of fused-ring (bicyclic) bond motifs is 1. The largest absolute Gasteiger partial charge is 0.276 e. The number of hydrogen-bond acceptors (Lipinski definition) is 4. The van der Waals surface area contributed by atoms with Crippen LogP contribution in [0, 0.1) is 17.7 Å². The van der Waals surface area contributed by atoms with Crippen LogP contribution in [0.2, 0.25) is 0 Å². The van der Waals surface area contributed by atoms with Crippen molar-refractivity contribution in [1.82, 2.24) is 9.21 Å². The number of sulfonamides is 1. The van der Waals surface area contributed by atoms with Crippen molar-refractivity contribution in [2.45, 2.75) is 24.6 Å². The first-order valence-corrected chi connectivity index (χ1v) is 10.2. The van der Waals surface area contributed by atoms with Crippen LogP contribution in [0.4, 0.5) is 4.39 Å². The lowest BCUT2D eigenvalue weighted by Gasteiger charge is -2.42. The number of halogens is 1. The first-order valence-electron chi connectivity index (χ1n) is 8.61. The van der Waals surface area contributed by atoms with Gasteiger partial charge in [-0.15, -0.1) is 0 Å². The Bertz CT molecular complexity index is 866. The van der Waals surface area contributed by atoms with E-state index >= 15 is 0 Å². The van der Waals surface area contributed by atoms with Gasteiger partial charge in [-0.3, -0.25) is 14.5 Å². The van der Waals surface area contributed by atoms with Gasteiger partial charge in [-0.1, -0.05) is 24.3 Å². The first-order chi connectivity index (χ1) is 12.4. The lowest BCUT2D eigenvalue weighted by atomic mass is 9.85. The molecule has 0 N–H and O–H groups in total. The molecular formula is C18H19FN2O4S. The number of amides is 2. The maximum atomic E-state index is 13.2. The second kappa shape index (κ2) is 6.28. The van der Waals surface area contributed by atoms with E-state index in [1.165, 1.54) is 27.4 Å². The van der Waals surface area contributed by atoms with Crippen molar-refractivity contribution in [3.63, 3.8) is 0 Å². The monoisotopic (exact) mass is 378 g/mol. The van der Waals surface area contributed by atoms with Gasteiger partial charge >= 0.3 is 0 Å². The molecule has 138 valence electrons. The Hall–Kier alpha value is -2.06. The van der Waals surface area contributed by atoms with E-state index in [1.54, 1.807) is 6.07 Å². The Morgan fingerprint density at radius 1 is 1.04 bits per heavy atom. The molecule has 2 heterocycles. The topological polar surface area (TPSA) is 74.8 Å². The Morgan fingerprint density at radius 2 is 1.65 bits per heavy atom. The number of hydrogen-bond donors (Lipinski definition) is 0. The Morgan fingerprint density at radius 3 is 2.23 bits per heavy atom. The second-order valence-corrected chi connectivity index (χ2v) is 9.03. The molecule has 2 unspecified atom stereocenters. The predicted molar refractivity (Wildman–Crippen MR) is 91.6 cm³/mol. The summed E-state index contributed by atoms with van der Waals surface area (Å²) >= 11 is 0. The maximum Gasteiger partial charge on any atom is 0.233 e. The van der Waals surface area contributed by atoms with Gasteiger partial charge in [-0.25, -0.2) is 12.8 Å². The van der Waals surface area contributed by atoms with Crippen molar-refractivity contribution in [3.8, 4) is 0 Å². The molecule has 1 aromatic rings. The molecule has 2 amide bonds. The SMILES string of the molecule is O=C1C2CC=CCC2C(=O)N1C1CN(S(=O)(=O)Cc2cccc(F)c2)C1. The number of carbonyl (C=O) groups is 2. The molecule has 0 bridgehead atoms. The summed E-state index contributed by atoms with van der Waals surface area (Å²) in [7, 11) is -3.61. The molecule has 2 fully saturated rings. The normalized spacial score (nSPS) is 26.9. The summed E-state index contributed by atoms with van der Waals surface area (Å²) in [6.07, 6.45) is 4.98. The Labute approximate surface area is 151 Å². The number of carbonyl (C=O) groups excluding carboxylic acids is 2. The summed E-state index contributed by atoms with van der Waals surface area (Å²) in [5.41, 5.74) is 0.374. The van der Waals surface area contributed by atoms with E-state index in [1.807, 2.05) is 12.2 Å². The number of allylic oxidation sites excluding steroid dienone is 2. The number of imide groups is 1. The third-order valence-electron chi connectivity index (χ3n) is 5.37. The van der Waals surface area contributed by atoms with Gasteiger partial charge in [0.15, 0.2) is 0 Å². The molecule has 6 nitrogen and oxygen atoms in total. The number of rotatable bonds is 4. The minimum absolute atomic E-state index is 0.113. The third-order valence-corrected chi connectivity index (χ3v) is 7.15. The van der Waals surface area contributed by atoms with Crippen LogP contribution in [-0.2, 0) is 25.4 Å². The molecule has 1 aliphatic carbocycles. The summed E-state index contributed by atoms with van der Waals surface area (Å²) in [4.78, 5) is 26.3. The zero-order valence-corrected chi connectivity index (χ0v) is 14.9. The number of nitrogens with zero attached hydrogens (tertiary/aromatic N) is 2. The highest BCUT2D eigenvalue weighted by atomic mass is 32.2. The van der Waals surface area contributed by atoms with Crippen LogP contribution in [0.5, 0.6) is 0 Å². The number of likely N-dealkylation sites (tertiary alicyclic amines) is 1. The fourth-order valence-corrected chi connectivity index (χ4v) is 5.50. The van der Waals surface area contributed by atoms with Gasteiger partial charge in [0.2, 0.25) is 21.8 Å². The average molecular weight is 378 g/mol. The van der Waals surface area contributed by atoms with E-state index in [-0.39, 0.29) is 42.5 Å². The van der Waals surface area contributed by atoms with E-state index in [4.69, 9.17) is 0 Å². The maximum absolute atomic E-state index is 13.2. The second-order valence-electron chi connectivity index (χ2n) is 7.06. The minimum atomic E-state index is -3.61. The van der Waals surface area contributed by atoms with Gasteiger partial charge in [0.05, 0.1) is 23.6 Å². The summed E-state index contributed by atoms with van der Waals surface area (Å²) in [5, 5.41) is 0. The lowest BCUT2D eigenvalue weighted by Crippen LogP contribution is -2.62. The molecule has 3 aliphatic rings. The molecule has 2 atom stereocenters. The van der Waals surface area contributed by atoms with Gasteiger partial charge in [0.25, 0.3) is 0 Å². The van der Waals surface area contributed by atoms with Crippen molar-refractivity contribution in [2.24, 2.45) is 11.8 Å². The highest BCUT2D eigenvalue weighted by Crippen LogP contribution is 2.38. The Kier molecular flexibility index (Phi) is 4.19. The molecular weight excluding hydrogens is 359 g/mol. The zero-order valence-electron chi connectivity index (χ0n) is 14.0. The fourth-order valence-electron chi connectivity index (χ4n) is 3.92. The highest BCUT2D eigenvalue weighted by molar-refractivity contribution is 7.88. The molecule has 0 saturated carbocycles. The smallest absolute Gasteiger partial charge is 0.233 e. The van der Waals surface area contributed by atoms with E-state index in [2.05, 4.69) is 0 Å². The Balaban J connectivity index is 1.42. The van der Waals surface area contributed by atoms with Crippen molar-refractivity contribution in [3.05, 3.63) is 47.8 Å². The minimum Gasteiger partial charge on any atom is -0.276 e. The third kappa shape index (κ3) is 2.87. The van der Waals surface area contributed by atoms with Crippen LogP contribution in [0.25, 0.3) is 0 Å². The van der Waals surface area contributed by atoms with Gasteiger partial charge in [-0.2, -0.15) is 4.31 Å². The summed E-state index contributed by atoms with van der Waals surface area (Å²) in [6.45, 7) is 0.226. The standard InChI is InChI=1S/C18H19FN2O4S/c19-13-5-3-4-12(8-13)11-26(24,25)20-9-14(10-20)21-17(22)15-6-1-2-7-16(15)18(21)23/h1-5,8,14-16H,6-7,9-11H2. The molecule has 2 saturated heterocycles. The van der Waals surface area contributed by atoms with Gasteiger partial charge in [0, 0.05) is 13.1 Å². The van der Waals surface area contributed by atoms with E-state index in [9.17, 15) is 22.4 Å². The molecule has 26 heavy (non-hydrogen) atoms. The molecule has 4 rings (SSSR count). The van der Waals surface area contributed by atoms with Crippen molar-refractivity contribution < 1.29 is 22.4 Å². The lowest BCUT2D eigenvalue weighted by molar-refractivity contribution is -0.145. The van der Waals surface area contributed by atoms with Crippen LogP contribution >= 0.6 is 0 Å². The fraction of sp³-hybridized carbons (Fsp3) is 0.444. The van der Waals surface area contributed by atoms with E-state index in [0.29, 0.717) is 18.4 Å². The van der Waals surface area contributed by atoms with Crippen molar-refractivity contribution in [1.29, 1.82) is 0 Å². The van der Waals surface area contributed by atoms with E-state index in [0.717, 1.165) is 0 Å².